The van der Waals surface area contributed by atoms with Crippen LogP contribution in [0.2, 0.25) is 0 Å². The molecule has 0 bridgehead atoms. The van der Waals surface area contributed by atoms with Gasteiger partial charge in [0.1, 0.15) is 5.75 Å². The largest absolute Gasteiger partial charge is 0.497 e. The minimum absolute atomic E-state index is 0.0729. The minimum atomic E-state index is -0.0729. The Kier molecular flexibility index (Phi) is 4.38. The SMILES string of the molecule is COc1ccc(N(C)C(=O)c2ccccc2CN)cc1. The van der Waals surface area contributed by atoms with E-state index in [4.69, 9.17) is 10.5 Å². The Hall–Kier alpha value is -2.33. The number of anilines is 1. The molecule has 4 heteroatoms. The fourth-order valence-corrected chi connectivity index (χ4v) is 2.01. The van der Waals surface area contributed by atoms with Gasteiger partial charge in [-0.05, 0) is 35.9 Å². The highest BCUT2D eigenvalue weighted by Gasteiger charge is 2.16. The highest BCUT2D eigenvalue weighted by Crippen LogP contribution is 2.20. The summed E-state index contributed by atoms with van der Waals surface area (Å²) < 4.78 is 5.11. The monoisotopic (exact) mass is 270 g/mol. The van der Waals surface area contributed by atoms with Crippen molar-refractivity contribution in [1.82, 2.24) is 0 Å². The molecule has 0 aromatic heterocycles. The molecule has 0 aliphatic heterocycles. The van der Waals surface area contributed by atoms with E-state index in [2.05, 4.69) is 0 Å². The normalized spacial score (nSPS) is 10.2. The molecular formula is C16H18N2O2. The standard InChI is InChI=1S/C16H18N2O2/c1-18(13-7-9-14(20-2)10-8-13)16(19)15-6-4-3-5-12(15)11-17/h3-10H,11,17H2,1-2H3. The lowest BCUT2D eigenvalue weighted by Gasteiger charge is -2.19. The second-order valence-electron chi connectivity index (χ2n) is 4.42. The zero-order valence-corrected chi connectivity index (χ0v) is 11.7. The van der Waals surface area contributed by atoms with E-state index in [9.17, 15) is 4.79 Å². The molecule has 2 N–H and O–H groups in total. The maximum absolute atomic E-state index is 12.5. The average Bonchev–Trinajstić information content (AvgIpc) is 2.53. The van der Waals surface area contributed by atoms with Crippen LogP contribution in [0.15, 0.2) is 48.5 Å². The van der Waals surface area contributed by atoms with Crippen LogP contribution in [-0.2, 0) is 6.54 Å². The Balaban J connectivity index is 2.27. The van der Waals surface area contributed by atoms with Crippen molar-refractivity contribution in [3.8, 4) is 5.75 Å². The Labute approximate surface area is 118 Å². The van der Waals surface area contributed by atoms with Crippen LogP contribution in [-0.4, -0.2) is 20.1 Å². The zero-order chi connectivity index (χ0) is 14.5. The van der Waals surface area contributed by atoms with Crippen LogP contribution >= 0.6 is 0 Å². The van der Waals surface area contributed by atoms with Crippen LogP contribution in [0, 0.1) is 0 Å². The Bertz CT molecular complexity index is 594. The summed E-state index contributed by atoms with van der Waals surface area (Å²) in [5.74, 6) is 0.688. The number of ether oxygens (including phenoxy) is 1. The predicted octanol–water partition coefficient (Wildman–Crippen LogP) is 2.43. The molecule has 20 heavy (non-hydrogen) atoms. The van der Waals surface area contributed by atoms with Gasteiger partial charge in [0.2, 0.25) is 0 Å². The van der Waals surface area contributed by atoms with Gasteiger partial charge in [0.15, 0.2) is 0 Å². The second-order valence-corrected chi connectivity index (χ2v) is 4.42. The molecule has 2 rings (SSSR count). The van der Waals surface area contributed by atoms with Gasteiger partial charge in [-0.3, -0.25) is 4.79 Å². The fourth-order valence-electron chi connectivity index (χ4n) is 2.01. The first-order valence-electron chi connectivity index (χ1n) is 6.37. The molecule has 0 fully saturated rings. The molecule has 0 heterocycles. The molecule has 0 radical (unpaired) electrons. The summed E-state index contributed by atoms with van der Waals surface area (Å²) in [4.78, 5) is 14.1. The lowest BCUT2D eigenvalue weighted by Crippen LogP contribution is -2.27. The number of rotatable bonds is 4. The van der Waals surface area contributed by atoms with E-state index in [1.165, 1.54) is 0 Å². The summed E-state index contributed by atoms with van der Waals surface area (Å²) in [5, 5.41) is 0. The summed E-state index contributed by atoms with van der Waals surface area (Å²) in [7, 11) is 3.36. The number of carbonyl (C=O) groups is 1. The van der Waals surface area contributed by atoms with E-state index >= 15 is 0 Å². The van der Waals surface area contributed by atoms with Gasteiger partial charge in [0, 0.05) is 24.8 Å². The predicted molar refractivity (Wildman–Crippen MR) is 80.1 cm³/mol. The number of carbonyl (C=O) groups excluding carboxylic acids is 1. The maximum atomic E-state index is 12.5. The maximum Gasteiger partial charge on any atom is 0.258 e. The molecule has 4 nitrogen and oxygen atoms in total. The van der Waals surface area contributed by atoms with Crippen LogP contribution in [0.25, 0.3) is 0 Å². The Morgan fingerprint density at radius 1 is 1.15 bits per heavy atom. The van der Waals surface area contributed by atoms with Crippen molar-refractivity contribution in [1.29, 1.82) is 0 Å². The number of nitrogens with zero attached hydrogens (tertiary/aromatic N) is 1. The third-order valence-electron chi connectivity index (χ3n) is 3.23. The molecule has 0 aliphatic carbocycles. The molecule has 0 atom stereocenters. The van der Waals surface area contributed by atoms with E-state index in [0.717, 1.165) is 17.0 Å². The van der Waals surface area contributed by atoms with E-state index < -0.39 is 0 Å². The fraction of sp³-hybridized carbons (Fsp3) is 0.188. The number of nitrogens with two attached hydrogens (primary N) is 1. The molecule has 2 aromatic carbocycles. The number of methoxy groups -OCH3 is 1. The van der Waals surface area contributed by atoms with Crippen molar-refractivity contribution in [2.24, 2.45) is 5.73 Å². The number of hydrogen-bond donors (Lipinski definition) is 1. The van der Waals surface area contributed by atoms with E-state index in [0.29, 0.717) is 12.1 Å². The summed E-state index contributed by atoms with van der Waals surface area (Å²) in [6.07, 6.45) is 0. The number of hydrogen-bond acceptors (Lipinski definition) is 3. The Morgan fingerprint density at radius 3 is 2.40 bits per heavy atom. The molecule has 0 saturated carbocycles. The van der Waals surface area contributed by atoms with Crippen LogP contribution in [0.1, 0.15) is 15.9 Å². The molecule has 0 unspecified atom stereocenters. The van der Waals surface area contributed by atoms with Gasteiger partial charge in [0.25, 0.3) is 5.91 Å². The Morgan fingerprint density at radius 2 is 1.80 bits per heavy atom. The number of benzene rings is 2. The second kappa shape index (κ2) is 6.21. The zero-order valence-electron chi connectivity index (χ0n) is 11.7. The summed E-state index contributed by atoms with van der Waals surface area (Å²) in [6.45, 7) is 0.346. The first-order chi connectivity index (χ1) is 9.67. The first kappa shape index (κ1) is 14.1. The highest BCUT2D eigenvalue weighted by molar-refractivity contribution is 6.06. The van der Waals surface area contributed by atoms with Gasteiger partial charge >= 0.3 is 0 Å². The smallest absolute Gasteiger partial charge is 0.258 e. The van der Waals surface area contributed by atoms with Crippen molar-refractivity contribution in [2.45, 2.75) is 6.54 Å². The highest BCUT2D eigenvalue weighted by atomic mass is 16.5. The van der Waals surface area contributed by atoms with Crippen molar-refractivity contribution in [3.63, 3.8) is 0 Å². The third kappa shape index (κ3) is 2.81. The molecule has 104 valence electrons. The number of amides is 1. The van der Waals surface area contributed by atoms with Gasteiger partial charge in [-0.15, -0.1) is 0 Å². The lowest BCUT2D eigenvalue weighted by molar-refractivity contribution is 0.0992. The lowest BCUT2D eigenvalue weighted by atomic mass is 10.1. The average molecular weight is 270 g/mol. The van der Waals surface area contributed by atoms with Crippen molar-refractivity contribution in [2.75, 3.05) is 19.1 Å². The molecule has 2 aromatic rings. The van der Waals surface area contributed by atoms with Crippen LogP contribution in [0.5, 0.6) is 5.75 Å². The quantitative estimate of drug-likeness (QED) is 0.928. The summed E-state index contributed by atoms with van der Waals surface area (Å²) >= 11 is 0. The van der Waals surface area contributed by atoms with Gasteiger partial charge < -0.3 is 15.4 Å². The van der Waals surface area contributed by atoms with Crippen LogP contribution in [0.3, 0.4) is 0 Å². The summed E-state index contributed by atoms with van der Waals surface area (Å²) in [5.41, 5.74) is 7.96. The van der Waals surface area contributed by atoms with Crippen LogP contribution in [0.4, 0.5) is 5.69 Å². The summed E-state index contributed by atoms with van der Waals surface area (Å²) in [6, 6.07) is 14.7. The first-order valence-corrected chi connectivity index (χ1v) is 6.37. The molecular weight excluding hydrogens is 252 g/mol. The minimum Gasteiger partial charge on any atom is -0.497 e. The molecule has 0 aliphatic rings. The van der Waals surface area contributed by atoms with Gasteiger partial charge in [-0.2, -0.15) is 0 Å². The van der Waals surface area contributed by atoms with Crippen LogP contribution < -0.4 is 15.4 Å². The van der Waals surface area contributed by atoms with Gasteiger partial charge in [-0.1, -0.05) is 18.2 Å². The van der Waals surface area contributed by atoms with Gasteiger partial charge in [-0.25, -0.2) is 0 Å². The molecule has 0 spiro atoms. The molecule has 1 amide bonds. The third-order valence-corrected chi connectivity index (χ3v) is 3.23. The van der Waals surface area contributed by atoms with Crippen molar-refractivity contribution < 1.29 is 9.53 Å². The van der Waals surface area contributed by atoms with Crippen molar-refractivity contribution >= 4 is 11.6 Å². The van der Waals surface area contributed by atoms with E-state index in [-0.39, 0.29) is 5.91 Å². The topological polar surface area (TPSA) is 55.6 Å². The van der Waals surface area contributed by atoms with Gasteiger partial charge in [0.05, 0.1) is 7.11 Å². The van der Waals surface area contributed by atoms with E-state index in [1.54, 1.807) is 25.1 Å². The van der Waals surface area contributed by atoms with Crippen molar-refractivity contribution in [3.05, 3.63) is 59.7 Å². The molecule has 0 saturated heterocycles. The van der Waals surface area contributed by atoms with E-state index in [1.807, 2.05) is 42.5 Å².